The Kier molecular flexibility index (Phi) is 7.56. The molecule has 31 heavy (non-hydrogen) atoms. The van der Waals surface area contributed by atoms with E-state index in [-0.39, 0.29) is 6.61 Å². The summed E-state index contributed by atoms with van der Waals surface area (Å²) in [4.78, 5) is 24.5. The van der Waals surface area contributed by atoms with Crippen LogP contribution in [0.2, 0.25) is 0 Å². The lowest BCUT2D eigenvalue weighted by molar-refractivity contribution is -0.123. The molecule has 0 spiro atoms. The lowest BCUT2D eigenvalue weighted by Crippen LogP contribution is -2.24. The number of esters is 1. The van der Waals surface area contributed by atoms with Crippen molar-refractivity contribution in [3.8, 4) is 11.5 Å². The number of nitrogens with one attached hydrogen (secondary N) is 1. The normalized spacial score (nSPS) is 10.7. The highest BCUT2D eigenvalue weighted by Crippen LogP contribution is 2.23. The highest BCUT2D eigenvalue weighted by molar-refractivity contribution is 9.10. The van der Waals surface area contributed by atoms with Crippen molar-refractivity contribution in [3.05, 3.63) is 93.5 Å². The molecule has 3 aromatic carbocycles. The van der Waals surface area contributed by atoms with E-state index in [1.807, 2.05) is 38.1 Å². The van der Waals surface area contributed by atoms with Crippen LogP contribution in [0.15, 0.2) is 76.3 Å². The molecule has 0 aliphatic rings. The number of hydrazone groups is 1. The molecule has 0 radical (unpaired) electrons. The minimum atomic E-state index is -0.476. The highest BCUT2D eigenvalue weighted by Gasteiger charge is 2.12. The van der Waals surface area contributed by atoms with Crippen LogP contribution in [0.1, 0.15) is 27.0 Å². The van der Waals surface area contributed by atoms with Gasteiger partial charge in [-0.05, 0) is 61.9 Å². The lowest BCUT2D eigenvalue weighted by atomic mass is 10.1. The lowest BCUT2D eigenvalue weighted by Gasteiger charge is -2.09. The van der Waals surface area contributed by atoms with Crippen LogP contribution in [0.25, 0.3) is 0 Å². The third-order valence-electron chi connectivity index (χ3n) is 4.18. The van der Waals surface area contributed by atoms with Gasteiger partial charge in [0.15, 0.2) is 6.61 Å². The maximum Gasteiger partial charge on any atom is 0.343 e. The average molecular weight is 481 g/mol. The zero-order valence-corrected chi connectivity index (χ0v) is 18.7. The van der Waals surface area contributed by atoms with Gasteiger partial charge in [0.1, 0.15) is 11.5 Å². The number of aryl methyl sites for hydroxylation is 2. The average Bonchev–Trinajstić information content (AvgIpc) is 2.74. The largest absolute Gasteiger partial charge is 0.484 e. The summed E-state index contributed by atoms with van der Waals surface area (Å²) in [7, 11) is 0. The van der Waals surface area contributed by atoms with E-state index >= 15 is 0 Å². The zero-order chi connectivity index (χ0) is 22.2. The Hall–Kier alpha value is -3.45. The number of hydrogen-bond donors (Lipinski definition) is 1. The molecule has 158 valence electrons. The summed E-state index contributed by atoms with van der Waals surface area (Å²) in [6.45, 7) is 3.67. The second-order valence-corrected chi connectivity index (χ2v) is 7.76. The first kappa shape index (κ1) is 22.2. The first-order valence-electron chi connectivity index (χ1n) is 9.50. The van der Waals surface area contributed by atoms with Gasteiger partial charge in [-0.1, -0.05) is 45.8 Å². The molecule has 3 aromatic rings. The van der Waals surface area contributed by atoms with Crippen LogP contribution < -0.4 is 14.9 Å². The topological polar surface area (TPSA) is 77.0 Å². The number of amides is 1. The number of hydrogen-bond acceptors (Lipinski definition) is 5. The zero-order valence-electron chi connectivity index (χ0n) is 17.1. The number of carbonyl (C=O) groups is 2. The molecule has 0 atom stereocenters. The van der Waals surface area contributed by atoms with Gasteiger partial charge < -0.3 is 9.47 Å². The van der Waals surface area contributed by atoms with Gasteiger partial charge in [0.05, 0.1) is 11.8 Å². The third-order valence-corrected chi connectivity index (χ3v) is 4.67. The molecular formula is C24H21BrN2O4. The summed E-state index contributed by atoms with van der Waals surface area (Å²) in [5.41, 5.74) is 5.38. The molecule has 0 unspecified atom stereocenters. The maximum atomic E-state index is 12.5. The number of nitrogens with zero attached hydrogens (tertiary/aromatic N) is 1. The van der Waals surface area contributed by atoms with Gasteiger partial charge >= 0.3 is 5.97 Å². The number of benzene rings is 3. The number of carbonyl (C=O) groups excluding carboxylic acids is 2. The number of ether oxygens (including phenoxy) is 2. The van der Waals surface area contributed by atoms with E-state index in [0.29, 0.717) is 22.6 Å². The molecule has 0 saturated carbocycles. The van der Waals surface area contributed by atoms with Gasteiger partial charge in [-0.2, -0.15) is 5.10 Å². The Morgan fingerprint density at radius 1 is 1.00 bits per heavy atom. The van der Waals surface area contributed by atoms with Crippen molar-refractivity contribution >= 4 is 34.0 Å². The minimum absolute atomic E-state index is 0.172. The smallest absolute Gasteiger partial charge is 0.343 e. The molecule has 0 bridgehead atoms. The van der Waals surface area contributed by atoms with Crippen molar-refractivity contribution in [1.29, 1.82) is 0 Å². The number of rotatable bonds is 7. The molecule has 6 nitrogen and oxygen atoms in total. The second kappa shape index (κ2) is 10.5. The fourth-order valence-corrected chi connectivity index (χ4v) is 3.08. The molecule has 0 aliphatic heterocycles. The van der Waals surface area contributed by atoms with Gasteiger partial charge in [-0.3, -0.25) is 4.79 Å². The summed E-state index contributed by atoms with van der Waals surface area (Å²) in [5.74, 6) is 0.0440. The standard InChI is InChI=1S/C24H21BrN2O4/c1-16-5-3-7-18(11-16)24(29)31-22-10-9-20(25)13-19(22)14-26-27-23(28)15-30-21-8-4-6-17(2)12-21/h3-14H,15H2,1-2H3,(H,27,28)/b26-14+. The Morgan fingerprint density at radius 3 is 2.48 bits per heavy atom. The van der Waals surface area contributed by atoms with Crippen LogP contribution in [0.3, 0.4) is 0 Å². The van der Waals surface area contributed by atoms with Crippen LogP contribution >= 0.6 is 15.9 Å². The maximum absolute atomic E-state index is 12.5. The Labute approximate surface area is 189 Å². The van der Waals surface area contributed by atoms with Crippen molar-refractivity contribution in [2.24, 2.45) is 5.10 Å². The SMILES string of the molecule is Cc1cccc(OCC(=O)N/N=C/c2cc(Br)ccc2OC(=O)c2cccc(C)c2)c1. The molecule has 3 rings (SSSR count). The summed E-state index contributed by atoms with van der Waals surface area (Å²) < 4.78 is 11.7. The third kappa shape index (κ3) is 6.79. The number of halogens is 1. The van der Waals surface area contributed by atoms with Crippen molar-refractivity contribution in [1.82, 2.24) is 5.43 Å². The van der Waals surface area contributed by atoms with Crippen LogP contribution in [0, 0.1) is 13.8 Å². The minimum Gasteiger partial charge on any atom is -0.484 e. The summed E-state index contributed by atoms with van der Waals surface area (Å²) in [5, 5.41) is 3.95. The predicted octanol–water partition coefficient (Wildman–Crippen LogP) is 4.81. The Balaban J connectivity index is 1.62. The van der Waals surface area contributed by atoms with Crippen molar-refractivity contribution < 1.29 is 19.1 Å². The molecule has 7 heteroatoms. The van der Waals surface area contributed by atoms with E-state index in [1.54, 1.807) is 42.5 Å². The van der Waals surface area contributed by atoms with E-state index in [4.69, 9.17) is 9.47 Å². The molecule has 1 N–H and O–H groups in total. The Morgan fingerprint density at radius 2 is 1.74 bits per heavy atom. The van der Waals surface area contributed by atoms with Crippen LogP contribution in [0.4, 0.5) is 0 Å². The van der Waals surface area contributed by atoms with Crippen LogP contribution in [-0.4, -0.2) is 24.7 Å². The molecule has 0 heterocycles. The van der Waals surface area contributed by atoms with E-state index in [2.05, 4.69) is 26.5 Å². The Bertz CT molecular complexity index is 1130. The summed E-state index contributed by atoms with van der Waals surface area (Å²) >= 11 is 3.38. The van der Waals surface area contributed by atoms with E-state index in [1.165, 1.54) is 6.21 Å². The molecule has 0 aromatic heterocycles. The van der Waals surface area contributed by atoms with Crippen LogP contribution in [0.5, 0.6) is 11.5 Å². The first-order valence-corrected chi connectivity index (χ1v) is 10.3. The summed E-state index contributed by atoms with van der Waals surface area (Å²) in [6, 6.07) is 19.7. The monoisotopic (exact) mass is 480 g/mol. The molecule has 0 fully saturated rings. The molecule has 0 saturated heterocycles. The molecule has 1 amide bonds. The van der Waals surface area contributed by atoms with Gasteiger partial charge in [-0.25, -0.2) is 10.2 Å². The van der Waals surface area contributed by atoms with Gasteiger partial charge in [0.2, 0.25) is 0 Å². The van der Waals surface area contributed by atoms with Crippen LogP contribution in [-0.2, 0) is 4.79 Å². The fraction of sp³-hybridized carbons (Fsp3) is 0.125. The van der Waals surface area contributed by atoms with Crippen molar-refractivity contribution in [2.45, 2.75) is 13.8 Å². The quantitative estimate of drug-likeness (QED) is 0.227. The van der Waals surface area contributed by atoms with Crippen molar-refractivity contribution in [3.63, 3.8) is 0 Å². The van der Waals surface area contributed by atoms with Crippen molar-refractivity contribution in [2.75, 3.05) is 6.61 Å². The van der Waals surface area contributed by atoms with E-state index in [0.717, 1.165) is 15.6 Å². The van der Waals surface area contributed by atoms with E-state index in [9.17, 15) is 9.59 Å². The van der Waals surface area contributed by atoms with Gasteiger partial charge in [0.25, 0.3) is 5.91 Å². The first-order chi connectivity index (χ1) is 14.9. The fourth-order valence-electron chi connectivity index (χ4n) is 2.70. The summed E-state index contributed by atoms with van der Waals surface area (Å²) in [6.07, 6.45) is 1.41. The van der Waals surface area contributed by atoms with E-state index < -0.39 is 11.9 Å². The predicted molar refractivity (Wildman–Crippen MR) is 123 cm³/mol. The molecule has 0 aliphatic carbocycles. The highest BCUT2D eigenvalue weighted by atomic mass is 79.9. The molecular weight excluding hydrogens is 460 g/mol. The van der Waals surface area contributed by atoms with Gasteiger partial charge in [-0.15, -0.1) is 0 Å². The second-order valence-electron chi connectivity index (χ2n) is 6.84. The van der Waals surface area contributed by atoms with Gasteiger partial charge in [0, 0.05) is 10.0 Å².